The van der Waals surface area contributed by atoms with Gasteiger partial charge in [0, 0.05) is 5.56 Å². The zero-order chi connectivity index (χ0) is 22.6. The number of benzene rings is 2. The van der Waals surface area contributed by atoms with E-state index in [2.05, 4.69) is 14.7 Å². The molecule has 0 saturated carbocycles. The summed E-state index contributed by atoms with van der Waals surface area (Å²) < 4.78 is 38.9. The average Bonchev–Trinajstić information content (AvgIpc) is 2.75. The second kappa shape index (κ2) is 9.19. The number of halogens is 1. The molecule has 11 heteroatoms. The first kappa shape index (κ1) is 22.3. The Morgan fingerprint density at radius 2 is 1.84 bits per heavy atom. The van der Waals surface area contributed by atoms with Gasteiger partial charge in [-0.15, -0.1) is 0 Å². The Kier molecular flexibility index (Phi) is 6.62. The summed E-state index contributed by atoms with van der Waals surface area (Å²) in [4.78, 5) is 18.8. The number of nitrogens with zero attached hydrogens (tertiary/aromatic N) is 2. The highest BCUT2D eigenvalue weighted by Gasteiger charge is 2.22. The van der Waals surface area contributed by atoms with Gasteiger partial charge >= 0.3 is 5.97 Å². The van der Waals surface area contributed by atoms with Crippen molar-refractivity contribution in [2.75, 3.05) is 11.8 Å². The van der Waals surface area contributed by atoms with Crippen LogP contribution >= 0.6 is 11.6 Å². The molecular formula is C20H18ClN3O6S. The van der Waals surface area contributed by atoms with Crippen molar-refractivity contribution >= 4 is 33.4 Å². The van der Waals surface area contributed by atoms with E-state index in [0.717, 1.165) is 0 Å². The lowest BCUT2D eigenvalue weighted by Gasteiger charge is -2.14. The van der Waals surface area contributed by atoms with Gasteiger partial charge < -0.3 is 14.6 Å². The molecule has 0 aliphatic rings. The third kappa shape index (κ3) is 5.22. The number of nitrogens with one attached hydrogen (secondary N) is 1. The van der Waals surface area contributed by atoms with E-state index in [4.69, 9.17) is 26.2 Å². The fraction of sp³-hybridized carbons (Fsp3) is 0.150. The summed E-state index contributed by atoms with van der Waals surface area (Å²) in [5, 5.41) is 9.01. The fourth-order valence-electron chi connectivity index (χ4n) is 2.65. The zero-order valence-corrected chi connectivity index (χ0v) is 18.0. The monoisotopic (exact) mass is 463 g/mol. The molecule has 0 spiro atoms. The van der Waals surface area contributed by atoms with Crippen molar-refractivity contribution < 1.29 is 27.8 Å². The Morgan fingerprint density at radius 1 is 1.16 bits per heavy atom. The molecule has 0 fully saturated rings. The van der Waals surface area contributed by atoms with Crippen LogP contribution in [0.1, 0.15) is 6.92 Å². The van der Waals surface area contributed by atoms with E-state index >= 15 is 0 Å². The van der Waals surface area contributed by atoms with Gasteiger partial charge in [0.2, 0.25) is 5.82 Å². The summed E-state index contributed by atoms with van der Waals surface area (Å²) in [5.41, 5.74) is 1.01. The molecule has 3 rings (SSSR count). The van der Waals surface area contributed by atoms with Crippen LogP contribution in [0.3, 0.4) is 0 Å². The highest BCUT2D eigenvalue weighted by molar-refractivity contribution is 7.92. The van der Waals surface area contributed by atoms with Gasteiger partial charge in [-0.1, -0.05) is 41.9 Å². The number of carboxylic acids is 1. The first-order valence-corrected chi connectivity index (χ1v) is 10.8. The van der Waals surface area contributed by atoms with Crippen molar-refractivity contribution in [1.29, 1.82) is 0 Å². The van der Waals surface area contributed by atoms with Crippen LogP contribution in [0.25, 0.3) is 11.1 Å². The number of rotatable bonds is 8. The molecule has 0 amide bonds. The van der Waals surface area contributed by atoms with Gasteiger partial charge in [0.15, 0.2) is 11.3 Å². The normalized spacial score (nSPS) is 12.1. The van der Waals surface area contributed by atoms with Crippen molar-refractivity contribution in [3.63, 3.8) is 0 Å². The zero-order valence-electron chi connectivity index (χ0n) is 16.4. The summed E-state index contributed by atoms with van der Waals surface area (Å²) >= 11 is 5.78. The molecule has 2 N–H and O–H groups in total. The van der Waals surface area contributed by atoms with Crippen molar-refractivity contribution in [3.8, 4) is 22.8 Å². The number of carboxylic acid groups (broad SMARTS) is 1. The topological polar surface area (TPSA) is 128 Å². The minimum absolute atomic E-state index is 0.00127. The molecule has 1 heterocycles. The van der Waals surface area contributed by atoms with Crippen LogP contribution in [0.5, 0.6) is 11.6 Å². The van der Waals surface area contributed by atoms with Crippen molar-refractivity contribution in [1.82, 2.24) is 9.97 Å². The Morgan fingerprint density at radius 3 is 2.48 bits per heavy atom. The van der Waals surface area contributed by atoms with Gasteiger partial charge in [-0.3, -0.25) is 4.72 Å². The Bertz CT molecular complexity index is 1200. The lowest BCUT2D eigenvalue weighted by atomic mass is 10.1. The molecule has 162 valence electrons. The molecule has 31 heavy (non-hydrogen) atoms. The van der Waals surface area contributed by atoms with Gasteiger partial charge in [0.25, 0.3) is 15.9 Å². The standard InChI is InChI=1S/C20H18ClN3O6S/c1-12(20(25)26)30-14-9-7-13(8-10-14)15-5-3-4-6-16(15)31(27,28)24-18-19(29-2)23-17(21)11-22-18/h3-12H,1-2H3,(H,22,24)(H,25,26). The third-order valence-corrected chi connectivity index (χ3v) is 5.72. The Balaban J connectivity index is 1.94. The molecule has 1 aromatic heterocycles. The first-order chi connectivity index (χ1) is 14.7. The predicted molar refractivity (Wildman–Crippen MR) is 114 cm³/mol. The molecule has 9 nitrogen and oxygen atoms in total. The number of aliphatic carboxylic acids is 1. The highest BCUT2D eigenvalue weighted by Crippen LogP contribution is 2.31. The minimum atomic E-state index is -4.06. The number of methoxy groups -OCH3 is 1. The second-order valence-corrected chi connectivity index (χ2v) is 8.31. The van der Waals surface area contributed by atoms with Crippen LogP contribution in [0.4, 0.5) is 5.82 Å². The number of sulfonamides is 1. The number of hydrogen-bond donors (Lipinski definition) is 2. The van der Waals surface area contributed by atoms with Crippen molar-refractivity contribution in [2.24, 2.45) is 0 Å². The van der Waals surface area contributed by atoms with Crippen molar-refractivity contribution in [2.45, 2.75) is 17.9 Å². The number of hydrogen-bond acceptors (Lipinski definition) is 7. The number of aromatic nitrogens is 2. The van der Waals surface area contributed by atoms with Gasteiger partial charge in [-0.05, 0) is 30.7 Å². The molecule has 0 saturated heterocycles. The Hall–Kier alpha value is -3.37. The summed E-state index contributed by atoms with van der Waals surface area (Å²) in [6.45, 7) is 1.41. The maximum absolute atomic E-state index is 13.1. The van der Waals surface area contributed by atoms with Crippen molar-refractivity contribution in [3.05, 3.63) is 59.9 Å². The quantitative estimate of drug-likeness (QED) is 0.519. The summed E-state index contributed by atoms with van der Waals surface area (Å²) in [7, 11) is -2.74. The van der Waals surface area contributed by atoms with E-state index in [9.17, 15) is 13.2 Å². The maximum Gasteiger partial charge on any atom is 0.344 e. The minimum Gasteiger partial charge on any atom is -0.479 e. The van der Waals surface area contributed by atoms with Gasteiger partial charge in [0.1, 0.15) is 5.75 Å². The largest absolute Gasteiger partial charge is 0.479 e. The van der Waals surface area contributed by atoms with Crippen LogP contribution in [-0.2, 0) is 14.8 Å². The SMILES string of the molecule is COc1nc(Cl)cnc1NS(=O)(=O)c1ccccc1-c1ccc(OC(C)C(=O)O)cc1. The first-order valence-electron chi connectivity index (χ1n) is 8.89. The van der Waals surface area contributed by atoms with E-state index in [1.54, 1.807) is 42.5 Å². The highest BCUT2D eigenvalue weighted by atomic mass is 35.5. The van der Waals surface area contributed by atoms with E-state index in [-0.39, 0.29) is 21.7 Å². The molecule has 1 atom stereocenters. The molecule has 0 aliphatic carbocycles. The molecule has 0 radical (unpaired) electrons. The molecule has 2 aromatic carbocycles. The van der Waals surface area contributed by atoms with Gasteiger partial charge in [-0.25, -0.2) is 18.2 Å². The number of anilines is 1. The molecule has 3 aromatic rings. The van der Waals surface area contributed by atoms with Gasteiger partial charge in [0.05, 0.1) is 18.2 Å². The van der Waals surface area contributed by atoms with Crippen LogP contribution < -0.4 is 14.2 Å². The van der Waals surface area contributed by atoms with E-state index in [1.807, 2.05) is 0 Å². The van der Waals surface area contributed by atoms with Crippen LogP contribution in [-0.4, -0.2) is 42.7 Å². The molecule has 0 bridgehead atoms. The number of carbonyl (C=O) groups is 1. The summed E-state index contributed by atoms with van der Waals surface area (Å²) in [5.74, 6) is -0.915. The van der Waals surface area contributed by atoms with E-state index in [0.29, 0.717) is 16.9 Å². The van der Waals surface area contributed by atoms with Gasteiger partial charge in [-0.2, -0.15) is 4.98 Å². The maximum atomic E-state index is 13.1. The summed E-state index contributed by atoms with van der Waals surface area (Å²) in [6.07, 6.45) is 0.184. The lowest BCUT2D eigenvalue weighted by Crippen LogP contribution is -2.22. The summed E-state index contributed by atoms with van der Waals surface area (Å²) in [6, 6.07) is 12.8. The van der Waals surface area contributed by atoms with E-state index in [1.165, 1.54) is 26.3 Å². The molecule has 1 unspecified atom stereocenters. The molecule has 0 aliphatic heterocycles. The smallest absolute Gasteiger partial charge is 0.344 e. The van der Waals surface area contributed by atoms with E-state index < -0.39 is 22.1 Å². The van der Waals surface area contributed by atoms with Crippen LogP contribution in [0, 0.1) is 0 Å². The fourth-order valence-corrected chi connectivity index (χ4v) is 4.02. The Labute approximate surface area is 183 Å². The number of ether oxygens (including phenoxy) is 2. The van der Waals surface area contributed by atoms with Crippen LogP contribution in [0.2, 0.25) is 5.15 Å². The third-order valence-electron chi connectivity index (χ3n) is 4.14. The lowest BCUT2D eigenvalue weighted by molar-refractivity contribution is -0.144. The predicted octanol–water partition coefficient (Wildman–Crippen LogP) is 3.46. The van der Waals surface area contributed by atoms with Crippen LogP contribution in [0.15, 0.2) is 59.6 Å². The second-order valence-electron chi connectivity index (χ2n) is 6.27. The average molecular weight is 464 g/mol. The molecular weight excluding hydrogens is 446 g/mol.